The molecule has 0 amide bonds. The monoisotopic (exact) mass is 291 g/mol. The molecule has 0 bridgehead atoms. The Kier molecular flexibility index (Phi) is 2.59. The molecule has 0 atom stereocenters. The average Bonchev–Trinajstić information content (AvgIpc) is 3.09. The Balaban J connectivity index is 1.92. The number of fused-ring (bicyclic) bond motifs is 2. The Morgan fingerprint density at radius 1 is 0.952 bits per heavy atom. The summed E-state index contributed by atoms with van der Waals surface area (Å²) in [5.41, 5.74) is 2.89. The number of ketones is 2. The number of carbonyl (C=O) groups is 2. The molecule has 0 saturated carbocycles. The average molecular weight is 291 g/mol. The lowest BCUT2D eigenvalue weighted by molar-refractivity contribution is 0.0990. The molecule has 0 radical (unpaired) electrons. The summed E-state index contributed by atoms with van der Waals surface area (Å²) >= 11 is 1.40. The second-order valence-electron chi connectivity index (χ2n) is 4.87. The van der Waals surface area contributed by atoms with Crippen LogP contribution in [0.15, 0.2) is 53.7 Å². The first-order valence-corrected chi connectivity index (χ1v) is 7.34. The van der Waals surface area contributed by atoms with E-state index in [1.54, 1.807) is 29.9 Å². The molecule has 0 fully saturated rings. The SMILES string of the molecule is O=C1C(=Cc2cncs2)C(=O)c2cc3ccccc3cc21. The molecule has 0 unspecified atom stereocenters. The van der Waals surface area contributed by atoms with Crippen molar-refractivity contribution in [3.05, 3.63) is 69.7 Å². The van der Waals surface area contributed by atoms with Crippen molar-refractivity contribution in [1.29, 1.82) is 0 Å². The van der Waals surface area contributed by atoms with Gasteiger partial charge in [-0.1, -0.05) is 24.3 Å². The van der Waals surface area contributed by atoms with E-state index in [4.69, 9.17) is 0 Å². The minimum atomic E-state index is -0.200. The van der Waals surface area contributed by atoms with E-state index < -0.39 is 0 Å². The van der Waals surface area contributed by atoms with Gasteiger partial charge in [0.15, 0.2) is 11.6 Å². The number of nitrogens with zero attached hydrogens (tertiary/aromatic N) is 1. The van der Waals surface area contributed by atoms with Gasteiger partial charge in [0.2, 0.25) is 0 Å². The highest BCUT2D eigenvalue weighted by Crippen LogP contribution is 2.31. The maximum atomic E-state index is 12.5. The Morgan fingerprint density at radius 3 is 2.10 bits per heavy atom. The second-order valence-corrected chi connectivity index (χ2v) is 5.78. The van der Waals surface area contributed by atoms with Gasteiger partial charge in [-0.15, -0.1) is 11.3 Å². The van der Waals surface area contributed by atoms with Gasteiger partial charge < -0.3 is 0 Å². The number of hydrogen-bond acceptors (Lipinski definition) is 4. The second kappa shape index (κ2) is 4.46. The van der Waals surface area contributed by atoms with Crippen molar-refractivity contribution in [1.82, 2.24) is 4.98 Å². The van der Waals surface area contributed by atoms with Crippen molar-refractivity contribution >= 4 is 39.8 Å². The van der Waals surface area contributed by atoms with Gasteiger partial charge in [-0.05, 0) is 29.0 Å². The zero-order chi connectivity index (χ0) is 14.4. The van der Waals surface area contributed by atoms with Crippen LogP contribution in [-0.2, 0) is 0 Å². The Morgan fingerprint density at radius 2 is 1.57 bits per heavy atom. The van der Waals surface area contributed by atoms with Gasteiger partial charge in [-0.2, -0.15) is 0 Å². The molecule has 0 spiro atoms. The van der Waals surface area contributed by atoms with Crippen LogP contribution in [-0.4, -0.2) is 16.6 Å². The fourth-order valence-corrected chi connectivity index (χ4v) is 3.13. The summed E-state index contributed by atoms with van der Waals surface area (Å²) in [5, 5.41) is 1.94. The van der Waals surface area contributed by atoms with Crippen molar-refractivity contribution < 1.29 is 9.59 Å². The van der Waals surface area contributed by atoms with Gasteiger partial charge >= 0.3 is 0 Å². The lowest BCUT2D eigenvalue weighted by Crippen LogP contribution is -1.99. The molecule has 2 aromatic carbocycles. The molecule has 0 aliphatic heterocycles. The largest absolute Gasteiger partial charge is 0.288 e. The molecule has 4 heteroatoms. The van der Waals surface area contributed by atoms with Crippen LogP contribution in [0.1, 0.15) is 25.6 Å². The highest BCUT2D eigenvalue weighted by atomic mass is 32.1. The smallest absolute Gasteiger partial charge is 0.197 e. The summed E-state index contributed by atoms with van der Waals surface area (Å²) in [6.45, 7) is 0. The van der Waals surface area contributed by atoms with Crippen LogP contribution >= 0.6 is 11.3 Å². The fourth-order valence-electron chi connectivity index (χ4n) is 2.58. The first-order chi connectivity index (χ1) is 10.2. The van der Waals surface area contributed by atoms with Gasteiger partial charge in [-0.3, -0.25) is 14.6 Å². The molecule has 0 N–H and O–H groups in total. The predicted octanol–water partition coefficient (Wildman–Crippen LogP) is 3.76. The number of thiazole rings is 1. The molecule has 1 aliphatic rings. The molecule has 3 nitrogen and oxygen atoms in total. The molecule has 4 rings (SSSR count). The van der Waals surface area contributed by atoms with Crippen molar-refractivity contribution in [2.75, 3.05) is 0 Å². The number of benzene rings is 2. The first kappa shape index (κ1) is 12.2. The number of aromatic nitrogens is 1. The van der Waals surface area contributed by atoms with Crippen molar-refractivity contribution in [3.63, 3.8) is 0 Å². The van der Waals surface area contributed by atoms with Crippen LogP contribution in [0.5, 0.6) is 0 Å². The third-order valence-corrected chi connectivity index (χ3v) is 4.32. The standard InChI is InChI=1S/C17H9NO2S/c19-16-13-5-10-3-1-2-4-11(10)6-14(13)17(20)15(16)7-12-8-18-9-21-12/h1-9H. The zero-order valence-corrected chi connectivity index (χ0v) is 11.7. The van der Waals surface area contributed by atoms with Gasteiger partial charge in [0.25, 0.3) is 0 Å². The number of hydrogen-bond donors (Lipinski definition) is 0. The number of allylic oxidation sites excluding steroid dienone is 1. The van der Waals surface area contributed by atoms with E-state index in [0.29, 0.717) is 11.1 Å². The molecule has 1 aliphatic carbocycles. The highest BCUT2D eigenvalue weighted by Gasteiger charge is 2.33. The number of carbonyl (C=O) groups excluding carboxylic acids is 2. The van der Waals surface area contributed by atoms with Crippen molar-refractivity contribution in [3.8, 4) is 0 Å². The van der Waals surface area contributed by atoms with Crippen LogP contribution in [0.2, 0.25) is 0 Å². The highest BCUT2D eigenvalue weighted by molar-refractivity contribution is 7.10. The summed E-state index contributed by atoms with van der Waals surface area (Å²) in [7, 11) is 0. The van der Waals surface area contributed by atoms with E-state index in [1.165, 1.54) is 11.3 Å². The third-order valence-electron chi connectivity index (χ3n) is 3.60. The summed E-state index contributed by atoms with van der Waals surface area (Å²) in [6.07, 6.45) is 3.28. The van der Waals surface area contributed by atoms with Crippen LogP contribution < -0.4 is 0 Å². The lowest BCUT2D eigenvalue weighted by Gasteiger charge is -2.00. The van der Waals surface area contributed by atoms with Gasteiger partial charge in [0.05, 0.1) is 11.1 Å². The Hall–Kier alpha value is -2.59. The normalized spacial score (nSPS) is 13.8. The summed E-state index contributed by atoms with van der Waals surface area (Å²) in [6, 6.07) is 11.3. The first-order valence-electron chi connectivity index (χ1n) is 6.46. The molecular formula is C17H9NO2S. The maximum Gasteiger partial charge on any atom is 0.197 e. The minimum absolute atomic E-state index is 0.200. The quantitative estimate of drug-likeness (QED) is 0.506. The minimum Gasteiger partial charge on any atom is -0.288 e. The maximum absolute atomic E-state index is 12.5. The van der Waals surface area contributed by atoms with Gasteiger partial charge in [0.1, 0.15) is 0 Å². The molecule has 100 valence electrons. The van der Waals surface area contributed by atoms with Crippen LogP contribution in [0, 0.1) is 0 Å². The molecule has 3 aromatic rings. The van der Waals surface area contributed by atoms with Crippen molar-refractivity contribution in [2.45, 2.75) is 0 Å². The fraction of sp³-hybridized carbons (Fsp3) is 0. The van der Waals surface area contributed by atoms with Gasteiger partial charge in [-0.25, -0.2) is 0 Å². The van der Waals surface area contributed by atoms with E-state index in [-0.39, 0.29) is 17.1 Å². The number of Topliss-reactive ketones (excluding diaryl/α,β-unsaturated/α-hetero) is 2. The molecule has 1 heterocycles. The zero-order valence-electron chi connectivity index (χ0n) is 10.9. The Bertz CT molecular complexity index is 867. The van der Waals surface area contributed by atoms with Crippen LogP contribution in [0.3, 0.4) is 0 Å². The van der Waals surface area contributed by atoms with E-state index in [2.05, 4.69) is 4.98 Å². The predicted molar refractivity (Wildman–Crippen MR) is 82.7 cm³/mol. The molecule has 0 saturated heterocycles. The van der Waals surface area contributed by atoms with Crippen LogP contribution in [0.25, 0.3) is 16.8 Å². The number of rotatable bonds is 1. The van der Waals surface area contributed by atoms with E-state index in [1.807, 2.05) is 24.3 Å². The van der Waals surface area contributed by atoms with E-state index in [9.17, 15) is 9.59 Å². The summed E-state index contributed by atoms with van der Waals surface area (Å²) in [5.74, 6) is -0.400. The summed E-state index contributed by atoms with van der Waals surface area (Å²) in [4.78, 5) is 29.7. The third kappa shape index (κ3) is 1.84. The van der Waals surface area contributed by atoms with Gasteiger partial charge in [0, 0.05) is 22.2 Å². The molecular weight excluding hydrogens is 282 g/mol. The van der Waals surface area contributed by atoms with Crippen LogP contribution in [0.4, 0.5) is 0 Å². The topological polar surface area (TPSA) is 47.0 Å². The lowest BCUT2D eigenvalue weighted by atomic mass is 10.0. The van der Waals surface area contributed by atoms with E-state index in [0.717, 1.165) is 15.6 Å². The molecule has 21 heavy (non-hydrogen) atoms. The Labute approximate surface area is 124 Å². The van der Waals surface area contributed by atoms with Crippen molar-refractivity contribution in [2.24, 2.45) is 0 Å². The molecule has 1 aromatic heterocycles. The van der Waals surface area contributed by atoms with E-state index >= 15 is 0 Å². The summed E-state index contributed by atoms with van der Waals surface area (Å²) < 4.78 is 0.